The van der Waals surface area contributed by atoms with E-state index in [2.05, 4.69) is 20.1 Å². The number of aromatic nitrogens is 3. The molecule has 3 heterocycles. The van der Waals surface area contributed by atoms with Gasteiger partial charge in [-0.05, 0) is 36.4 Å². The summed E-state index contributed by atoms with van der Waals surface area (Å²) in [5.41, 5.74) is 3.19. The Hall–Kier alpha value is -2.86. The second kappa shape index (κ2) is 7.17. The van der Waals surface area contributed by atoms with Crippen LogP contribution in [0.5, 0.6) is 0 Å². The summed E-state index contributed by atoms with van der Waals surface area (Å²) in [6.45, 7) is 2.87. The number of rotatable bonds is 3. The van der Waals surface area contributed by atoms with Gasteiger partial charge in [0.05, 0.1) is 5.69 Å². The van der Waals surface area contributed by atoms with Crippen LogP contribution < -0.4 is 4.90 Å². The first-order valence-electron chi connectivity index (χ1n) is 8.46. The minimum atomic E-state index is -0.0293. The number of anilines is 1. The summed E-state index contributed by atoms with van der Waals surface area (Å²) in [7, 11) is 0. The number of hydrogen-bond donors (Lipinski definition) is 1. The van der Waals surface area contributed by atoms with Gasteiger partial charge in [0.15, 0.2) is 0 Å². The van der Waals surface area contributed by atoms with E-state index in [4.69, 9.17) is 11.6 Å². The highest BCUT2D eigenvalue weighted by atomic mass is 35.5. The molecule has 3 aromatic rings. The molecule has 1 N–H and O–H groups in total. The molecule has 1 aliphatic heterocycles. The number of benzene rings is 1. The highest BCUT2D eigenvalue weighted by molar-refractivity contribution is 6.30. The molecule has 0 saturated carbocycles. The third-order valence-electron chi connectivity index (χ3n) is 4.51. The molecule has 0 spiro atoms. The Kier molecular flexibility index (Phi) is 4.58. The predicted octanol–water partition coefficient (Wildman–Crippen LogP) is 3.09. The van der Waals surface area contributed by atoms with Crippen LogP contribution in [0.3, 0.4) is 0 Å². The van der Waals surface area contributed by atoms with Crippen LogP contribution in [0, 0.1) is 0 Å². The number of hydrogen-bond acceptors (Lipinski definition) is 4. The summed E-state index contributed by atoms with van der Waals surface area (Å²) in [6, 6.07) is 13.3. The van der Waals surface area contributed by atoms with Crippen molar-refractivity contribution in [1.29, 1.82) is 0 Å². The average Bonchev–Trinajstić information content (AvgIpc) is 3.18. The summed E-state index contributed by atoms with van der Waals surface area (Å²) < 4.78 is 0. The maximum atomic E-state index is 12.7. The molecular weight excluding hydrogens is 350 g/mol. The van der Waals surface area contributed by atoms with Crippen LogP contribution in [0.1, 0.15) is 10.5 Å². The SMILES string of the molecule is O=C(c1cc(-c2cccnc2)n[nH]1)N1CCN(c2cccc(Cl)c2)CC1. The van der Waals surface area contributed by atoms with Crippen molar-refractivity contribution in [2.24, 2.45) is 0 Å². The molecule has 0 bridgehead atoms. The molecular formula is C19H18ClN5O. The predicted molar refractivity (Wildman–Crippen MR) is 101 cm³/mol. The van der Waals surface area contributed by atoms with Crippen molar-refractivity contribution >= 4 is 23.2 Å². The van der Waals surface area contributed by atoms with Gasteiger partial charge in [0.25, 0.3) is 5.91 Å². The maximum Gasteiger partial charge on any atom is 0.272 e. The van der Waals surface area contributed by atoms with Gasteiger partial charge in [0, 0.05) is 54.8 Å². The average molecular weight is 368 g/mol. The molecule has 0 atom stereocenters. The number of aromatic amines is 1. The van der Waals surface area contributed by atoms with Gasteiger partial charge in [-0.15, -0.1) is 0 Å². The third-order valence-corrected chi connectivity index (χ3v) is 4.74. The summed E-state index contributed by atoms with van der Waals surface area (Å²) in [5, 5.41) is 7.81. The summed E-state index contributed by atoms with van der Waals surface area (Å²) in [5.74, 6) is -0.0293. The number of piperazine rings is 1. The van der Waals surface area contributed by atoms with E-state index in [-0.39, 0.29) is 5.91 Å². The zero-order valence-corrected chi connectivity index (χ0v) is 14.9. The zero-order valence-electron chi connectivity index (χ0n) is 14.1. The van der Waals surface area contributed by atoms with Gasteiger partial charge in [-0.3, -0.25) is 14.9 Å². The molecule has 1 saturated heterocycles. The minimum Gasteiger partial charge on any atom is -0.368 e. The quantitative estimate of drug-likeness (QED) is 0.772. The fourth-order valence-electron chi connectivity index (χ4n) is 3.10. The fraction of sp³-hybridized carbons (Fsp3) is 0.211. The lowest BCUT2D eigenvalue weighted by Crippen LogP contribution is -2.48. The summed E-state index contributed by atoms with van der Waals surface area (Å²) in [6.07, 6.45) is 3.44. The van der Waals surface area contributed by atoms with E-state index < -0.39 is 0 Å². The van der Waals surface area contributed by atoms with Crippen LogP contribution in [0.25, 0.3) is 11.3 Å². The molecule has 1 amide bonds. The Labute approximate surface area is 156 Å². The van der Waals surface area contributed by atoms with Crippen molar-refractivity contribution in [2.45, 2.75) is 0 Å². The smallest absolute Gasteiger partial charge is 0.272 e. The van der Waals surface area contributed by atoms with Crippen LogP contribution in [0.2, 0.25) is 5.02 Å². The molecule has 6 nitrogen and oxygen atoms in total. The Morgan fingerprint density at radius 2 is 1.92 bits per heavy atom. The van der Waals surface area contributed by atoms with Crippen LogP contribution in [0.15, 0.2) is 54.9 Å². The van der Waals surface area contributed by atoms with Crippen molar-refractivity contribution in [1.82, 2.24) is 20.1 Å². The van der Waals surface area contributed by atoms with E-state index in [0.717, 1.165) is 35.1 Å². The molecule has 1 aliphatic rings. The fourth-order valence-corrected chi connectivity index (χ4v) is 3.29. The van der Waals surface area contributed by atoms with E-state index in [0.29, 0.717) is 18.8 Å². The molecule has 26 heavy (non-hydrogen) atoms. The van der Waals surface area contributed by atoms with Gasteiger partial charge in [-0.1, -0.05) is 17.7 Å². The van der Waals surface area contributed by atoms with Crippen molar-refractivity contribution in [3.05, 3.63) is 65.6 Å². The molecule has 132 valence electrons. The molecule has 7 heteroatoms. The monoisotopic (exact) mass is 367 g/mol. The third kappa shape index (κ3) is 3.41. The van der Waals surface area contributed by atoms with Gasteiger partial charge < -0.3 is 9.80 Å². The Morgan fingerprint density at radius 3 is 2.65 bits per heavy atom. The van der Waals surface area contributed by atoms with Crippen molar-refractivity contribution in [3.8, 4) is 11.3 Å². The van der Waals surface area contributed by atoms with E-state index in [1.165, 1.54) is 0 Å². The number of nitrogens with zero attached hydrogens (tertiary/aromatic N) is 4. The molecule has 1 aromatic carbocycles. The first-order chi connectivity index (χ1) is 12.7. The number of carbonyl (C=O) groups excluding carboxylic acids is 1. The maximum absolute atomic E-state index is 12.7. The minimum absolute atomic E-state index is 0.0293. The van der Waals surface area contributed by atoms with Crippen LogP contribution >= 0.6 is 11.6 Å². The number of H-pyrrole nitrogens is 1. The lowest BCUT2D eigenvalue weighted by molar-refractivity contribution is 0.0741. The second-order valence-corrected chi connectivity index (χ2v) is 6.60. The number of nitrogens with one attached hydrogen (secondary N) is 1. The van der Waals surface area contributed by atoms with Crippen molar-refractivity contribution in [3.63, 3.8) is 0 Å². The Morgan fingerprint density at radius 1 is 1.08 bits per heavy atom. The van der Waals surface area contributed by atoms with E-state index in [9.17, 15) is 4.79 Å². The van der Waals surface area contributed by atoms with E-state index in [1.807, 2.05) is 41.3 Å². The second-order valence-electron chi connectivity index (χ2n) is 6.17. The highest BCUT2D eigenvalue weighted by Crippen LogP contribution is 2.22. The van der Waals surface area contributed by atoms with Crippen LogP contribution in [-0.4, -0.2) is 52.2 Å². The zero-order chi connectivity index (χ0) is 17.9. The Balaban J connectivity index is 1.42. The van der Waals surface area contributed by atoms with E-state index in [1.54, 1.807) is 18.5 Å². The van der Waals surface area contributed by atoms with Gasteiger partial charge in [0.2, 0.25) is 0 Å². The van der Waals surface area contributed by atoms with Gasteiger partial charge in [0.1, 0.15) is 5.69 Å². The molecule has 2 aromatic heterocycles. The number of amides is 1. The highest BCUT2D eigenvalue weighted by Gasteiger charge is 2.24. The largest absolute Gasteiger partial charge is 0.368 e. The lowest BCUT2D eigenvalue weighted by atomic mass is 10.2. The topological polar surface area (TPSA) is 65.1 Å². The van der Waals surface area contributed by atoms with Gasteiger partial charge in [-0.2, -0.15) is 5.10 Å². The summed E-state index contributed by atoms with van der Waals surface area (Å²) >= 11 is 6.07. The number of halogens is 1. The lowest BCUT2D eigenvalue weighted by Gasteiger charge is -2.36. The van der Waals surface area contributed by atoms with E-state index >= 15 is 0 Å². The van der Waals surface area contributed by atoms with Crippen LogP contribution in [0.4, 0.5) is 5.69 Å². The first-order valence-corrected chi connectivity index (χ1v) is 8.84. The van der Waals surface area contributed by atoms with Crippen LogP contribution in [-0.2, 0) is 0 Å². The molecule has 0 aliphatic carbocycles. The Bertz CT molecular complexity index is 903. The van der Waals surface area contributed by atoms with Crippen molar-refractivity contribution < 1.29 is 4.79 Å². The van der Waals surface area contributed by atoms with Crippen molar-refractivity contribution in [2.75, 3.05) is 31.1 Å². The molecule has 0 radical (unpaired) electrons. The normalized spacial score (nSPS) is 14.5. The van der Waals surface area contributed by atoms with Gasteiger partial charge in [-0.25, -0.2) is 0 Å². The first kappa shape index (κ1) is 16.6. The standard InChI is InChI=1S/C19H18ClN5O/c20-15-4-1-5-16(11-15)24-7-9-25(10-8-24)19(26)18-12-17(22-23-18)14-3-2-6-21-13-14/h1-6,11-13H,7-10H2,(H,22,23). The van der Waals surface area contributed by atoms with Gasteiger partial charge >= 0.3 is 0 Å². The summed E-state index contributed by atoms with van der Waals surface area (Å²) in [4.78, 5) is 20.9. The molecule has 4 rings (SSSR count). The molecule has 0 unspecified atom stereocenters. The molecule has 1 fully saturated rings. The number of carbonyl (C=O) groups is 1. The number of pyridine rings is 1.